The Bertz CT molecular complexity index is 1200. The number of rotatable bonds is 9. The number of anilines is 1. The Morgan fingerprint density at radius 1 is 1.03 bits per heavy atom. The van der Waals surface area contributed by atoms with Crippen molar-refractivity contribution in [3.05, 3.63) is 77.6 Å². The Kier molecular flexibility index (Phi) is 8.29. The molecule has 2 atom stereocenters. The maximum atomic E-state index is 13.2. The van der Waals surface area contributed by atoms with Crippen LogP contribution in [0.4, 0.5) is 10.5 Å². The normalized spacial score (nSPS) is 16.8. The van der Waals surface area contributed by atoms with Crippen LogP contribution in [-0.4, -0.2) is 56.5 Å². The van der Waals surface area contributed by atoms with Crippen LogP contribution >= 0.6 is 11.8 Å². The second-order valence-electron chi connectivity index (χ2n) is 8.02. The van der Waals surface area contributed by atoms with Gasteiger partial charge < -0.3 is 24.8 Å². The zero-order valence-electron chi connectivity index (χ0n) is 20.2. The van der Waals surface area contributed by atoms with E-state index in [9.17, 15) is 9.59 Å². The van der Waals surface area contributed by atoms with Crippen LogP contribution in [0, 0.1) is 0 Å². The Balaban J connectivity index is 1.36. The molecule has 1 aromatic heterocycles. The number of benzene rings is 2. The summed E-state index contributed by atoms with van der Waals surface area (Å²) >= 11 is 1.78. The molecule has 3 N–H and O–H groups in total. The first kappa shape index (κ1) is 25.3. The average Bonchev–Trinajstić information content (AvgIpc) is 3.40. The van der Waals surface area contributed by atoms with E-state index in [2.05, 4.69) is 20.9 Å². The molecule has 3 aromatic rings. The molecule has 1 fully saturated rings. The number of hydrogen-bond acceptors (Lipinski definition) is 8. The predicted octanol–water partition coefficient (Wildman–Crippen LogP) is 3.86. The van der Waals surface area contributed by atoms with Gasteiger partial charge in [0, 0.05) is 47.5 Å². The van der Waals surface area contributed by atoms with Gasteiger partial charge in [0.05, 0.1) is 26.7 Å². The van der Waals surface area contributed by atoms with Gasteiger partial charge in [-0.1, -0.05) is 18.2 Å². The van der Waals surface area contributed by atoms with Crippen LogP contribution < -0.4 is 30.2 Å². The molecule has 0 aliphatic carbocycles. The molecule has 0 saturated carbocycles. The van der Waals surface area contributed by atoms with Crippen molar-refractivity contribution in [2.45, 2.75) is 11.4 Å². The number of ketones is 1. The molecule has 1 aliphatic rings. The summed E-state index contributed by atoms with van der Waals surface area (Å²) in [5.74, 6) is 1.81. The number of ether oxygens (including phenoxy) is 3. The summed E-state index contributed by atoms with van der Waals surface area (Å²) in [6.45, 7) is 0.472. The molecule has 2 aromatic carbocycles. The number of thioether (sulfide) groups is 1. The second-order valence-corrected chi connectivity index (χ2v) is 9.16. The van der Waals surface area contributed by atoms with Gasteiger partial charge in [-0.15, -0.1) is 11.8 Å². The van der Waals surface area contributed by atoms with E-state index in [4.69, 9.17) is 14.2 Å². The van der Waals surface area contributed by atoms with Crippen LogP contribution in [0.2, 0.25) is 0 Å². The third-order valence-corrected chi connectivity index (χ3v) is 6.99. The molecule has 2 heterocycles. The molecule has 4 rings (SSSR count). The van der Waals surface area contributed by atoms with Gasteiger partial charge in [-0.3, -0.25) is 15.1 Å². The zero-order chi connectivity index (χ0) is 25.5. The number of pyridine rings is 1. The minimum atomic E-state index is -0.344. The predicted molar refractivity (Wildman–Crippen MR) is 139 cm³/mol. The van der Waals surface area contributed by atoms with Gasteiger partial charge in [-0.25, -0.2) is 4.79 Å². The topological polar surface area (TPSA) is 111 Å². The molecule has 36 heavy (non-hydrogen) atoms. The smallest absolute Gasteiger partial charge is 0.319 e. The van der Waals surface area contributed by atoms with E-state index >= 15 is 0 Å². The van der Waals surface area contributed by atoms with Gasteiger partial charge in [0.15, 0.2) is 17.3 Å². The SMILES string of the molecule is COc1cc(C(=O)c2cccc(NC(=O)NC[C@@H]3CSC(c4cccnc4)N3)c2)cc(OC)c1OC. The van der Waals surface area contributed by atoms with Crippen molar-refractivity contribution in [1.82, 2.24) is 15.6 Å². The van der Waals surface area contributed by atoms with Crippen LogP contribution in [0.5, 0.6) is 17.2 Å². The van der Waals surface area contributed by atoms with Crippen molar-refractivity contribution in [2.75, 3.05) is 38.9 Å². The standard InChI is InChI=1S/C26H28N4O5S/c1-33-21-11-18(12-22(34-2)24(21)35-3)23(31)16-6-4-8-19(10-16)30-26(32)28-14-20-15-36-25(29-20)17-7-5-9-27-13-17/h4-13,20,25,29H,14-15H2,1-3H3,(H2,28,30,32)/t20-,25?/m1/s1. The molecule has 0 radical (unpaired) electrons. The van der Waals surface area contributed by atoms with Gasteiger partial charge in [-0.05, 0) is 35.9 Å². The van der Waals surface area contributed by atoms with Gasteiger partial charge in [-0.2, -0.15) is 0 Å². The number of nitrogens with one attached hydrogen (secondary N) is 3. The highest BCUT2D eigenvalue weighted by Crippen LogP contribution is 2.38. The van der Waals surface area contributed by atoms with E-state index in [1.54, 1.807) is 54.4 Å². The summed E-state index contributed by atoms with van der Waals surface area (Å²) in [6, 6.07) is 13.7. The molecule has 1 saturated heterocycles. The highest BCUT2D eigenvalue weighted by molar-refractivity contribution is 7.99. The lowest BCUT2D eigenvalue weighted by Crippen LogP contribution is -2.41. The summed E-state index contributed by atoms with van der Waals surface area (Å²) in [4.78, 5) is 29.8. The minimum Gasteiger partial charge on any atom is -0.493 e. The average molecular weight is 509 g/mol. The van der Waals surface area contributed by atoms with E-state index in [-0.39, 0.29) is 23.2 Å². The lowest BCUT2D eigenvalue weighted by molar-refractivity contribution is 0.103. The van der Waals surface area contributed by atoms with Crippen LogP contribution in [0.15, 0.2) is 60.9 Å². The van der Waals surface area contributed by atoms with Crippen molar-refractivity contribution in [3.8, 4) is 17.2 Å². The number of amides is 2. The lowest BCUT2D eigenvalue weighted by Gasteiger charge is -2.15. The fourth-order valence-corrected chi connectivity index (χ4v) is 5.13. The molecular formula is C26H28N4O5S. The molecule has 10 heteroatoms. The first-order valence-electron chi connectivity index (χ1n) is 11.3. The summed E-state index contributed by atoms with van der Waals surface area (Å²) in [5.41, 5.74) is 2.41. The summed E-state index contributed by atoms with van der Waals surface area (Å²) in [7, 11) is 4.49. The lowest BCUT2D eigenvalue weighted by atomic mass is 10.0. The van der Waals surface area contributed by atoms with Crippen LogP contribution in [0.3, 0.4) is 0 Å². The number of methoxy groups -OCH3 is 3. The Morgan fingerprint density at radius 2 is 1.81 bits per heavy atom. The maximum Gasteiger partial charge on any atom is 0.319 e. The van der Waals surface area contributed by atoms with Gasteiger partial charge >= 0.3 is 6.03 Å². The molecule has 188 valence electrons. The molecule has 1 aliphatic heterocycles. The third kappa shape index (κ3) is 5.89. The number of nitrogens with zero attached hydrogens (tertiary/aromatic N) is 1. The number of aromatic nitrogens is 1. The Hall–Kier alpha value is -3.76. The summed E-state index contributed by atoms with van der Waals surface area (Å²) in [5, 5.41) is 9.36. The van der Waals surface area contributed by atoms with Crippen LogP contribution in [-0.2, 0) is 0 Å². The second kappa shape index (κ2) is 11.8. The molecule has 0 spiro atoms. The molecule has 2 amide bonds. The largest absolute Gasteiger partial charge is 0.493 e. The van der Waals surface area contributed by atoms with Crippen molar-refractivity contribution < 1.29 is 23.8 Å². The van der Waals surface area contributed by atoms with Crippen molar-refractivity contribution in [2.24, 2.45) is 0 Å². The van der Waals surface area contributed by atoms with E-state index < -0.39 is 0 Å². The molecule has 9 nitrogen and oxygen atoms in total. The van der Waals surface area contributed by atoms with Gasteiger partial charge in [0.1, 0.15) is 0 Å². The van der Waals surface area contributed by atoms with E-state index in [1.165, 1.54) is 21.3 Å². The highest BCUT2D eigenvalue weighted by atomic mass is 32.2. The summed E-state index contributed by atoms with van der Waals surface area (Å²) < 4.78 is 16.0. The van der Waals surface area contributed by atoms with Crippen LogP contribution in [0.25, 0.3) is 0 Å². The van der Waals surface area contributed by atoms with E-state index in [0.29, 0.717) is 40.6 Å². The Morgan fingerprint density at radius 3 is 2.47 bits per heavy atom. The fraction of sp³-hybridized carbons (Fsp3) is 0.269. The van der Waals surface area contributed by atoms with E-state index in [1.807, 2.05) is 18.3 Å². The fourth-order valence-electron chi connectivity index (χ4n) is 3.87. The highest BCUT2D eigenvalue weighted by Gasteiger charge is 2.26. The van der Waals surface area contributed by atoms with Crippen molar-refractivity contribution >= 4 is 29.3 Å². The first-order chi connectivity index (χ1) is 17.5. The molecule has 0 bridgehead atoms. The number of hydrogen-bond donors (Lipinski definition) is 3. The minimum absolute atomic E-state index is 0.138. The van der Waals surface area contributed by atoms with Crippen LogP contribution in [0.1, 0.15) is 26.9 Å². The molecule has 1 unspecified atom stereocenters. The summed E-state index contributed by atoms with van der Waals surface area (Å²) in [6.07, 6.45) is 3.60. The van der Waals surface area contributed by atoms with Gasteiger partial charge in [0.25, 0.3) is 0 Å². The third-order valence-electron chi connectivity index (χ3n) is 5.66. The number of carbonyl (C=O) groups is 2. The van der Waals surface area contributed by atoms with E-state index in [0.717, 1.165) is 11.3 Å². The maximum absolute atomic E-state index is 13.2. The first-order valence-corrected chi connectivity index (χ1v) is 12.3. The quantitative estimate of drug-likeness (QED) is 0.374. The monoisotopic (exact) mass is 508 g/mol. The Labute approximate surface area is 213 Å². The number of urea groups is 1. The number of carbonyl (C=O) groups excluding carboxylic acids is 2. The van der Waals surface area contributed by atoms with Crippen molar-refractivity contribution in [1.29, 1.82) is 0 Å². The zero-order valence-corrected chi connectivity index (χ0v) is 21.1. The van der Waals surface area contributed by atoms with Gasteiger partial charge in [0.2, 0.25) is 5.75 Å². The molecular weight excluding hydrogens is 480 g/mol. The van der Waals surface area contributed by atoms with Crippen molar-refractivity contribution in [3.63, 3.8) is 0 Å².